The molecular weight excluding hydrogens is 360 g/mol. The molecule has 0 aliphatic heterocycles. The Morgan fingerprint density at radius 3 is 2.29 bits per heavy atom. The molecule has 2 rings (SSSR count). The van der Waals surface area contributed by atoms with Crippen molar-refractivity contribution < 1.29 is 23.5 Å². The first-order chi connectivity index (χ1) is 13.5. The number of amides is 2. The highest BCUT2D eigenvalue weighted by Crippen LogP contribution is 2.13. The van der Waals surface area contributed by atoms with Crippen LogP contribution in [-0.4, -0.2) is 62.1 Å². The number of carbonyl (C=O) groups excluding carboxylic acids is 2. The van der Waals surface area contributed by atoms with Crippen LogP contribution in [0.3, 0.4) is 0 Å². The van der Waals surface area contributed by atoms with Crippen molar-refractivity contribution in [3.8, 4) is 0 Å². The van der Waals surface area contributed by atoms with Crippen molar-refractivity contribution in [1.82, 2.24) is 9.80 Å². The van der Waals surface area contributed by atoms with Crippen molar-refractivity contribution in [1.29, 1.82) is 0 Å². The number of furan rings is 1. The summed E-state index contributed by atoms with van der Waals surface area (Å²) >= 11 is 0. The minimum atomic E-state index is -0.249. The lowest BCUT2D eigenvalue weighted by Gasteiger charge is -2.27. The number of aryl methyl sites for hydroxylation is 1. The lowest BCUT2D eigenvalue weighted by atomic mass is 10.2. The van der Waals surface area contributed by atoms with Gasteiger partial charge in [-0.05, 0) is 24.6 Å². The Morgan fingerprint density at radius 1 is 0.929 bits per heavy atom. The first kappa shape index (κ1) is 21.7. The molecule has 0 fully saturated rings. The first-order valence-electron chi connectivity index (χ1n) is 9.16. The van der Waals surface area contributed by atoms with Gasteiger partial charge in [0.1, 0.15) is 18.1 Å². The van der Waals surface area contributed by atoms with E-state index in [1.165, 1.54) is 12.0 Å². The molecule has 152 valence electrons. The summed E-state index contributed by atoms with van der Waals surface area (Å²) in [6.07, 6.45) is 0. The fourth-order valence-corrected chi connectivity index (χ4v) is 2.77. The summed E-state index contributed by atoms with van der Waals surface area (Å²) in [7, 11) is 3.01. The number of benzene rings is 1. The second-order valence-electron chi connectivity index (χ2n) is 6.49. The van der Waals surface area contributed by atoms with Gasteiger partial charge in [-0.25, -0.2) is 0 Å². The van der Waals surface area contributed by atoms with E-state index in [4.69, 9.17) is 13.9 Å². The van der Waals surface area contributed by atoms with Crippen molar-refractivity contribution >= 4 is 11.8 Å². The molecule has 1 aromatic carbocycles. The van der Waals surface area contributed by atoms with Crippen molar-refractivity contribution in [2.75, 3.05) is 40.5 Å². The molecule has 0 saturated carbocycles. The molecule has 0 aliphatic rings. The molecule has 0 unspecified atom stereocenters. The molecule has 0 bridgehead atoms. The lowest BCUT2D eigenvalue weighted by Crippen LogP contribution is -2.44. The predicted octanol–water partition coefficient (Wildman–Crippen LogP) is 2.24. The number of ether oxygens (including phenoxy) is 2. The van der Waals surface area contributed by atoms with Crippen LogP contribution in [0.1, 0.15) is 17.1 Å². The molecule has 0 spiro atoms. The van der Waals surface area contributed by atoms with Gasteiger partial charge in [0.25, 0.3) is 0 Å². The van der Waals surface area contributed by atoms with E-state index in [0.29, 0.717) is 32.0 Å². The minimum Gasteiger partial charge on any atom is -0.464 e. The van der Waals surface area contributed by atoms with Crippen LogP contribution in [0.15, 0.2) is 46.9 Å². The molecule has 2 amide bonds. The summed E-state index contributed by atoms with van der Waals surface area (Å²) in [6, 6.07) is 13.5. The Kier molecular flexibility index (Phi) is 8.71. The third kappa shape index (κ3) is 6.83. The van der Waals surface area contributed by atoms with E-state index in [-0.39, 0.29) is 25.0 Å². The Balaban J connectivity index is 2.14. The van der Waals surface area contributed by atoms with E-state index in [0.717, 1.165) is 11.3 Å². The molecule has 0 radical (unpaired) electrons. The van der Waals surface area contributed by atoms with Gasteiger partial charge >= 0.3 is 0 Å². The number of methoxy groups -OCH3 is 2. The summed E-state index contributed by atoms with van der Waals surface area (Å²) in [4.78, 5) is 28.5. The van der Waals surface area contributed by atoms with Gasteiger partial charge in [-0.15, -0.1) is 0 Å². The van der Waals surface area contributed by atoms with Crippen LogP contribution in [0.2, 0.25) is 0 Å². The maximum Gasteiger partial charge on any atom is 0.249 e. The van der Waals surface area contributed by atoms with Crippen LogP contribution >= 0.6 is 0 Å². The zero-order chi connectivity index (χ0) is 20.4. The monoisotopic (exact) mass is 388 g/mol. The second-order valence-corrected chi connectivity index (χ2v) is 6.49. The largest absolute Gasteiger partial charge is 0.464 e. The molecule has 0 aliphatic carbocycles. The highest BCUT2D eigenvalue weighted by atomic mass is 16.5. The van der Waals surface area contributed by atoms with E-state index in [2.05, 4.69) is 0 Å². The fourth-order valence-electron chi connectivity index (χ4n) is 2.77. The summed E-state index contributed by atoms with van der Waals surface area (Å²) in [5.74, 6) is 1.08. The van der Waals surface area contributed by atoms with Crippen LogP contribution < -0.4 is 0 Å². The smallest absolute Gasteiger partial charge is 0.249 e. The van der Waals surface area contributed by atoms with E-state index in [1.807, 2.05) is 49.4 Å². The lowest BCUT2D eigenvalue weighted by molar-refractivity contribution is -0.144. The zero-order valence-electron chi connectivity index (χ0n) is 16.7. The van der Waals surface area contributed by atoms with Gasteiger partial charge in [-0.1, -0.05) is 30.3 Å². The van der Waals surface area contributed by atoms with E-state index in [9.17, 15) is 9.59 Å². The Bertz CT molecular complexity index is 744. The van der Waals surface area contributed by atoms with E-state index < -0.39 is 0 Å². The molecular formula is C21H28N2O5. The molecule has 28 heavy (non-hydrogen) atoms. The minimum absolute atomic E-state index is 0.0436. The standard InChI is InChI=1S/C21H28N2O5/c1-17-9-10-19(28-17)14-23(13-18-7-5-4-6-8-18)20(24)15-22(11-12-26-2)21(25)16-27-3/h4-10H,11-16H2,1-3H3. The van der Waals surface area contributed by atoms with Crippen LogP contribution in [0.25, 0.3) is 0 Å². The SMILES string of the molecule is COCCN(CC(=O)N(Cc1ccccc1)Cc1ccc(C)o1)C(=O)COC. The Hall–Kier alpha value is -2.64. The number of rotatable bonds is 11. The van der Waals surface area contributed by atoms with Crippen molar-refractivity contribution in [3.05, 3.63) is 59.5 Å². The number of carbonyl (C=O) groups is 2. The normalized spacial score (nSPS) is 10.7. The second kappa shape index (κ2) is 11.3. The summed E-state index contributed by atoms with van der Waals surface area (Å²) in [6.45, 7) is 3.17. The number of hydrogen-bond acceptors (Lipinski definition) is 5. The van der Waals surface area contributed by atoms with Crippen LogP contribution in [0.4, 0.5) is 0 Å². The van der Waals surface area contributed by atoms with Crippen LogP contribution in [0.5, 0.6) is 0 Å². The van der Waals surface area contributed by atoms with Gasteiger partial charge in [0.05, 0.1) is 19.7 Å². The summed E-state index contributed by atoms with van der Waals surface area (Å²) in [5, 5.41) is 0. The molecule has 0 saturated heterocycles. The Labute approximate surface area is 165 Å². The molecule has 0 N–H and O–H groups in total. The summed E-state index contributed by atoms with van der Waals surface area (Å²) < 4.78 is 15.6. The van der Waals surface area contributed by atoms with Crippen LogP contribution in [0, 0.1) is 6.92 Å². The highest BCUT2D eigenvalue weighted by molar-refractivity contribution is 5.85. The topological polar surface area (TPSA) is 72.2 Å². The van der Waals surface area contributed by atoms with Gasteiger partial charge in [-0.3, -0.25) is 9.59 Å². The average molecular weight is 388 g/mol. The van der Waals surface area contributed by atoms with Crippen LogP contribution in [-0.2, 0) is 32.2 Å². The third-order valence-corrected chi connectivity index (χ3v) is 4.22. The van der Waals surface area contributed by atoms with Crippen molar-refractivity contribution in [3.63, 3.8) is 0 Å². The maximum absolute atomic E-state index is 13.0. The molecule has 1 heterocycles. The van der Waals surface area contributed by atoms with Gasteiger partial charge in [-0.2, -0.15) is 0 Å². The summed E-state index contributed by atoms with van der Waals surface area (Å²) in [5.41, 5.74) is 1.01. The van der Waals surface area contributed by atoms with E-state index in [1.54, 1.807) is 12.0 Å². The molecule has 7 heteroatoms. The van der Waals surface area contributed by atoms with Gasteiger partial charge in [0.15, 0.2) is 0 Å². The van der Waals surface area contributed by atoms with Gasteiger partial charge < -0.3 is 23.7 Å². The molecule has 2 aromatic rings. The fraction of sp³-hybridized carbons (Fsp3) is 0.429. The molecule has 1 aromatic heterocycles. The zero-order valence-corrected chi connectivity index (χ0v) is 16.7. The van der Waals surface area contributed by atoms with Gasteiger partial charge in [0.2, 0.25) is 11.8 Å². The molecule has 7 nitrogen and oxygen atoms in total. The quantitative estimate of drug-likeness (QED) is 0.590. The number of nitrogens with zero attached hydrogens (tertiary/aromatic N) is 2. The first-order valence-corrected chi connectivity index (χ1v) is 9.16. The predicted molar refractivity (Wildman–Crippen MR) is 104 cm³/mol. The average Bonchev–Trinajstić information content (AvgIpc) is 3.10. The van der Waals surface area contributed by atoms with Crippen molar-refractivity contribution in [2.45, 2.75) is 20.0 Å². The maximum atomic E-state index is 13.0. The number of hydrogen-bond donors (Lipinski definition) is 0. The third-order valence-electron chi connectivity index (χ3n) is 4.22. The highest BCUT2D eigenvalue weighted by Gasteiger charge is 2.22. The van der Waals surface area contributed by atoms with Crippen molar-refractivity contribution in [2.24, 2.45) is 0 Å². The van der Waals surface area contributed by atoms with Gasteiger partial charge in [0, 0.05) is 27.3 Å². The Morgan fingerprint density at radius 2 is 1.68 bits per heavy atom. The van der Waals surface area contributed by atoms with E-state index >= 15 is 0 Å². The molecule has 0 atom stereocenters.